The minimum atomic E-state index is -0.638. The topological polar surface area (TPSA) is 74.8 Å². The van der Waals surface area contributed by atoms with E-state index in [4.69, 9.17) is 0 Å². The Kier molecular flexibility index (Phi) is 10.0. The zero-order valence-electron chi connectivity index (χ0n) is 33.2. The van der Waals surface area contributed by atoms with Crippen LogP contribution in [0, 0.1) is 0 Å². The van der Waals surface area contributed by atoms with Crippen molar-refractivity contribution >= 4 is 66.7 Å². The molecule has 0 radical (unpaired) electrons. The minimum Gasteiger partial charge on any atom is -0.269 e. The molecule has 0 aliphatic rings. The summed E-state index contributed by atoms with van der Waals surface area (Å²) in [5.74, 6) is -1.89. The molecule has 0 N–H and O–H groups in total. The predicted molar refractivity (Wildman–Crippen MR) is 240 cm³/mol. The molecule has 0 saturated carbocycles. The summed E-state index contributed by atoms with van der Waals surface area (Å²) in [6, 6.07) is 58.9. The van der Waals surface area contributed by atoms with Gasteiger partial charge in [-0.2, -0.15) is 0 Å². The molecule has 4 amide bonds. The van der Waals surface area contributed by atoms with Crippen LogP contribution in [0.5, 0.6) is 0 Å². The highest BCUT2D eigenvalue weighted by atomic mass is 16.2. The highest BCUT2D eigenvalue weighted by Gasteiger charge is 2.34. The van der Waals surface area contributed by atoms with Crippen LogP contribution in [0.15, 0.2) is 194 Å². The van der Waals surface area contributed by atoms with Gasteiger partial charge >= 0.3 is 0 Å². The molecule has 9 aromatic rings. The lowest BCUT2D eigenvalue weighted by Gasteiger charge is -2.30. The van der Waals surface area contributed by atoms with Crippen molar-refractivity contribution < 1.29 is 19.2 Å². The molecule has 0 saturated heterocycles. The van der Waals surface area contributed by atoms with E-state index in [9.17, 15) is 9.59 Å². The van der Waals surface area contributed by atoms with Crippen LogP contribution >= 0.6 is 0 Å². The van der Waals surface area contributed by atoms with Crippen LogP contribution in [-0.4, -0.2) is 33.4 Å². The molecule has 0 spiro atoms. The van der Waals surface area contributed by atoms with Crippen molar-refractivity contribution in [3.05, 3.63) is 228 Å². The summed E-state index contributed by atoms with van der Waals surface area (Å²) in [5.41, 5.74) is 2.91. The average molecular weight is 781 g/mol. The van der Waals surface area contributed by atoms with Crippen molar-refractivity contribution in [2.45, 2.75) is 25.9 Å². The zero-order chi connectivity index (χ0) is 41.3. The third-order valence-electron chi connectivity index (χ3n) is 11.6. The van der Waals surface area contributed by atoms with Crippen LogP contribution in [0.3, 0.4) is 0 Å². The van der Waals surface area contributed by atoms with Crippen LogP contribution in [0.1, 0.15) is 78.5 Å². The van der Waals surface area contributed by atoms with Gasteiger partial charge in [0.15, 0.2) is 0 Å². The number of carbonyl (C=O) groups excluding carboxylic acids is 4. The second-order valence-corrected chi connectivity index (χ2v) is 15.1. The Morgan fingerprint density at radius 3 is 0.900 bits per heavy atom. The van der Waals surface area contributed by atoms with E-state index >= 15 is 9.59 Å². The Labute approximate surface area is 347 Å². The van der Waals surface area contributed by atoms with Gasteiger partial charge in [0.25, 0.3) is 23.6 Å². The fourth-order valence-corrected chi connectivity index (χ4v) is 8.41. The molecule has 0 heterocycles. The molecular formula is C54H40N2O4. The van der Waals surface area contributed by atoms with Crippen LogP contribution in [0.25, 0.3) is 43.1 Å². The third-order valence-corrected chi connectivity index (χ3v) is 11.6. The first-order valence-corrected chi connectivity index (χ1v) is 20.1. The van der Waals surface area contributed by atoms with Crippen molar-refractivity contribution in [3.8, 4) is 0 Å². The molecule has 2 atom stereocenters. The smallest absolute Gasteiger partial charge is 0.262 e. The molecule has 9 rings (SSSR count). The third kappa shape index (κ3) is 6.78. The number of amides is 4. The Morgan fingerprint density at radius 2 is 0.600 bits per heavy atom. The Morgan fingerprint density at radius 1 is 0.333 bits per heavy atom. The molecule has 6 nitrogen and oxygen atoms in total. The monoisotopic (exact) mass is 780 g/mol. The first-order chi connectivity index (χ1) is 29.3. The van der Waals surface area contributed by atoms with Crippen LogP contribution in [0.4, 0.5) is 0 Å². The number of nitrogens with zero attached hydrogens (tertiary/aromatic N) is 2. The van der Waals surface area contributed by atoms with Crippen LogP contribution in [0.2, 0.25) is 0 Å². The predicted octanol–water partition coefficient (Wildman–Crippen LogP) is 12.4. The lowest BCUT2D eigenvalue weighted by atomic mass is 9.94. The SMILES string of the molecule is C[C@@H](c1ccccc1)N(C(=O)c1ccc(C(=O)N(C(=O)c2c3ccccc3cc3ccccc23)[C@@H](C)c2ccccc2)cc1)C(=O)c1c2ccccc2cc2ccccc12. The summed E-state index contributed by atoms with van der Waals surface area (Å²) in [5, 5.41) is 6.55. The number of fused-ring (bicyclic) bond motifs is 4. The summed E-state index contributed by atoms with van der Waals surface area (Å²) in [6.07, 6.45) is 0. The van der Waals surface area contributed by atoms with Crippen molar-refractivity contribution in [1.29, 1.82) is 0 Å². The highest BCUT2D eigenvalue weighted by molar-refractivity contribution is 6.24. The zero-order valence-corrected chi connectivity index (χ0v) is 33.2. The van der Waals surface area contributed by atoms with E-state index in [0.717, 1.165) is 54.2 Å². The van der Waals surface area contributed by atoms with Gasteiger partial charge in [-0.15, -0.1) is 0 Å². The van der Waals surface area contributed by atoms with Gasteiger partial charge in [0.05, 0.1) is 23.2 Å². The van der Waals surface area contributed by atoms with Crippen molar-refractivity contribution in [1.82, 2.24) is 9.80 Å². The number of hydrogen-bond acceptors (Lipinski definition) is 4. The Bertz CT molecular complexity index is 2790. The summed E-state index contributed by atoms with van der Waals surface area (Å²) < 4.78 is 0. The molecule has 60 heavy (non-hydrogen) atoms. The summed E-state index contributed by atoms with van der Waals surface area (Å²) in [7, 11) is 0. The lowest BCUT2D eigenvalue weighted by Crippen LogP contribution is -2.40. The maximum absolute atomic E-state index is 15.1. The molecule has 0 aromatic heterocycles. The highest BCUT2D eigenvalue weighted by Crippen LogP contribution is 2.35. The van der Waals surface area contributed by atoms with E-state index in [1.807, 2.05) is 172 Å². The molecular weight excluding hydrogens is 741 g/mol. The van der Waals surface area contributed by atoms with Crippen molar-refractivity contribution in [2.75, 3.05) is 0 Å². The average Bonchev–Trinajstić information content (AvgIpc) is 3.30. The maximum atomic E-state index is 15.1. The van der Waals surface area contributed by atoms with Gasteiger partial charge in [-0.1, -0.05) is 158 Å². The molecule has 0 bridgehead atoms. The van der Waals surface area contributed by atoms with E-state index in [2.05, 4.69) is 12.1 Å². The fraction of sp³-hybridized carbons (Fsp3) is 0.0741. The van der Waals surface area contributed by atoms with Crippen LogP contribution < -0.4 is 0 Å². The summed E-state index contributed by atoms with van der Waals surface area (Å²) >= 11 is 0. The second-order valence-electron chi connectivity index (χ2n) is 15.1. The number of imide groups is 2. The van der Waals surface area contributed by atoms with Gasteiger partial charge in [-0.3, -0.25) is 29.0 Å². The maximum Gasteiger partial charge on any atom is 0.262 e. The van der Waals surface area contributed by atoms with Gasteiger partial charge in [-0.05, 0) is 104 Å². The van der Waals surface area contributed by atoms with E-state index in [0.29, 0.717) is 11.1 Å². The Hall–Kier alpha value is -7.70. The van der Waals surface area contributed by atoms with Gasteiger partial charge in [0.2, 0.25) is 0 Å². The van der Waals surface area contributed by atoms with Crippen molar-refractivity contribution in [3.63, 3.8) is 0 Å². The van der Waals surface area contributed by atoms with Gasteiger partial charge in [0, 0.05) is 11.1 Å². The number of hydrogen-bond donors (Lipinski definition) is 0. The Balaban J connectivity index is 1.13. The molecule has 290 valence electrons. The molecule has 6 heteroatoms. The first-order valence-electron chi connectivity index (χ1n) is 20.1. The standard InChI is InChI=1S/C54H40N2O4/c1-35(37-17-5-3-6-18-37)55(53(59)49-45-25-13-9-21-41(45)33-42-22-10-14-26-46(42)49)51(57)39-29-31-40(32-30-39)52(58)56(36(2)38-19-7-4-8-20-38)54(60)50-47-27-15-11-23-43(47)34-44-24-12-16-28-48(44)50/h3-36H,1-2H3/t35-,36-/m0/s1. The van der Waals surface area contributed by atoms with Gasteiger partial charge in [0.1, 0.15) is 0 Å². The minimum absolute atomic E-state index is 0.223. The van der Waals surface area contributed by atoms with E-state index in [-0.39, 0.29) is 11.1 Å². The largest absolute Gasteiger partial charge is 0.269 e. The normalized spacial score (nSPS) is 12.3. The number of benzene rings is 9. The van der Waals surface area contributed by atoms with Crippen molar-refractivity contribution in [2.24, 2.45) is 0 Å². The number of rotatable bonds is 8. The van der Waals surface area contributed by atoms with Gasteiger partial charge in [-0.25, -0.2) is 0 Å². The van der Waals surface area contributed by atoms with Gasteiger partial charge < -0.3 is 0 Å². The first kappa shape index (κ1) is 37.9. The summed E-state index contributed by atoms with van der Waals surface area (Å²) in [4.78, 5) is 62.5. The fourth-order valence-electron chi connectivity index (χ4n) is 8.41. The van der Waals surface area contributed by atoms with E-state index in [1.165, 1.54) is 9.80 Å². The van der Waals surface area contributed by atoms with E-state index < -0.39 is 35.7 Å². The molecule has 9 aromatic carbocycles. The number of carbonyl (C=O) groups is 4. The molecule has 0 fully saturated rings. The molecule has 0 aliphatic carbocycles. The quantitative estimate of drug-likeness (QED) is 0.114. The summed E-state index contributed by atoms with van der Waals surface area (Å²) in [6.45, 7) is 3.70. The molecule has 0 unspecified atom stereocenters. The van der Waals surface area contributed by atoms with E-state index in [1.54, 1.807) is 24.3 Å². The molecule has 0 aliphatic heterocycles. The van der Waals surface area contributed by atoms with Crippen LogP contribution in [-0.2, 0) is 0 Å². The second kappa shape index (κ2) is 15.9. The lowest BCUT2D eigenvalue weighted by molar-refractivity contribution is 0.0539.